The van der Waals surface area contributed by atoms with Gasteiger partial charge in [0.25, 0.3) is 0 Å². The second kappa shape index (κ2) is 7.50. The second-order valence-corrected chi connectivity index (χ2v) is 7.17. The standard InChI is InChI=1S/C22H23N3O4/c1-14-9-18(16(3)25(14)21-10-15(2)29-23-21)6-8-22(26)24(4)12-17-5-7-19-20(11-17)28-13-27-19/h5-11H,12-13H2,1-4H3/b8-6+. The highest BCUT2D eigenvalue weighted by molar-refractivity contribution is 5.91. The Balaban J connectivity index is 1.46. The lowest BCUT2D eigenvalue weighted by Gasteiger charge is -2.15. The molecule has 1 aliphatic rings. The first-order valence-electron chi connectivity index (χ1n) is 9.36. The Morgan fingerprint density at radius 1 is 1.17 bits per heavy atom. The Labute approximate surface area is 169 Å². The highest BCUT2D eigenvalue weighted by Gasteiger charge is 2.15. The van der Waals surface area contributed by atoms with Crippen molar-refractivity contribution in [1.29, 1.82) is 0 Å². The van der Waals surface area contributed by atoms with Gasteiger partial charge in [0.15, 0.2) is 17.3 Å². The molecule has 2 aromatic heterocycles. The molecule has 0 N–H and O–H groups in total. The molecule has 3 aromatic rings. The van der Waals surface area contributed by atoms with E-state index in [0.29, 0.717) is 6.54 Å². The summed E-state index contributed by atoms with van der Waals surface area (Å²) in [6.45, 7) is 6.58. The van der Waals surface area contributed by atoms with E-state index in [9.17, 15) is 4.79 Å². The quantitative estimate of drug-likeness (QED) is 0.617. The molecule has 1 aliphatic heterocycles. The normalized spacial score (nSPS) is 12.7. The Morgan fingerprint density at radius 2 is 1.97 bits per heavy atom. The molecule has 3 heterocycles. The highest BCUT2D eigenvalue weighted by atomic mass is 16.7. The Bertz CT molecular complexity index is 1090. The van der Waals surface area contributed by atoms with Crippen molar-refractivity contribution >= 4 is 12.0 Å². The maximum Gasteiger partial charge on any atom is 0.246 e. The highest BCUT2D eigenvalue weighted by Crippen LogP contribution is 2.32. The molecule has 0 radical (unpaired) electrons. The van der Waals surface area contributed by atoms with Crippen molar-refractivity contribution in [2.75, 3.05) is 13.8 Å². The van der Waals surface area contributed by atoms with E-state index in [0.717, 1.165) is 45.6 Å². The molecule has 0 aliphatic carbocycles. The van der Waals surface area contributed by atoms with Crippen molar-refractivity contribution in [2.45, 2.75) is 27.3 Å². The number of carbonyl (C=O) groups is 1. The van der Waals surface area contributed by atoms with Gasteiger partial charge >= 0.3 is 0 Å². The van der Waals surface area contributed by atoms with Crippen LogP contribution in [-0.4, -0.2) is 34.4 Å². The number of aromatic nitrogens is 2. The molecule has 0 fully saturated rings. The van der Waals surface area contributed by atoms with E-state index in [1.165, 1.54) is 0 Å². The van der Waals surface area contributed by atoms with Crippen LogP contribution < -0.4 is 9.47 Å². The molecule has 0 saturated heterocycles. The Hall–Kier alpha value is -3.48. The average molecular weight is 393 g/mol. The van der Waals surface area contributed by atoms with Crippen molar-refractivity contribution in [3.63, 3.8) is 0 Å². The number of hydrogen-bond donors (Lipinski definition) is 0. The number of likely N-dealkylation sites (N-methyl/N-ethyl adjacent to an activating group) is 1. The van der Waals surface area contributed by atoms with Crippen LogP contribution in [0.2, 0.25) is 0 Å². The molecule has 29 heavy (non-hydrogen) atoms. The van der Waals surface area contributed by atoms with Crippen molar-refractivity contribution < 1.29 is 18.8 Å². The number of carbonyl (C=O) groups excluding carboxylic acids is 1. The topological polar surface area (TPSA) is 69.7 Å². The van der Waals surface area contributed by atoms with E-state index < -0.39 is 0 Å². The molecule has 7 nitrogen and oxygen atoms in total. The molecule has 0 unspecified atom stereocenters. The number of amides is 1. The van der Waals surface area contributed by atoms with Gasteiger partial charge in [0, 0.05) is 37.1 Å². The van der Waals surface area contributed by atoms with Crippen LogP contribution in [-0.2, 0) is 11.3 Å². The van der Waals surface area contributed by atoms with Crippen LogP contribution >= 0.6 is 0 Å². The van der Waals surface area contributed by atoms with Crippen LogP contribution in [0.5, 0.6) is 11.5 Å². The summed E-state index contributed by atoms with van der Waals surface area (Å²) in [5, 5.41) is 4.09. The van der Waals surface area contributed by atoms with Crippen LogP contribution in [0.25, 0.3) is 11.9 Å². The third kappa shape index (κ3) is 3.76. The lowest BCUT2D eigenvalue weighted by Crippen LogP contribution is -2.24. The van der Waals surface area contributed by atoms with Crippen molar-refractivity contribution in [3.8, 4) is 17.3 Å². The van der Waals surface area contributed by atoms with E-state index in [-0.39, 0.29) is 12.7 Å². The fourth-order valence-electron chi connectivity index (χ4n) is 3.45. The van der Waals surface area contributed by atoms with Crippen LogP contribution in [0.4, 0.5) is 0 Å². The second-order valence-electron chi connectivity index (χ2n) is 7.17. The summed E-state index contributed by atoms with van der Waals surface area (Å²) in [6, 6.07) is 9.63. The molecule has 1 aromatic carbocycles. The smallest absolute Gasteiger partial charge is 0.246 e. The van der Waals surface area contributed by atoms with Gasteiger partial charge in [-0.15, -0.1) is 0 Å². The molecule has 0 saturated carbocycles. The van der Waals surface area contributed by atoms with E-state index >= 15 is 0 Å². The van der Waals surface area contributed by atoms with E-state index in [1.54, 1.807) is 18.0 Å². The molecule has 150 valence electrons. The summed E-state index contributed by atoms with van der Waals surface area (Å²) >= 11 is 0. The molecule has 0 bridgehead atoms. The van der Waals surface area contributed by atoms with Crippen LogP contribution in [0.15, 0.2) is 40.9 Å². The number of benzene rings is 1. The predicted molar refractivity (Wildman–Crippen MR) is 108 cm³/mol. The summed E-state index contributed by atoms with van der Waals surface area (Å²) in [5.74, 6) is 2.87. The van der Waals surface area contributed by atoms with E-state index in [2.05, 4.69) is 5.16 Å². The molecular formula is C22H23N3O4. The first-order chi connectivity index (χ1) is 13.9. The fourth-order valence-corrected chi connectivity index (χ4v) is 3.45. The summed E-state index contributed by atoms with van der Waals surface area (Å²) in [4.78, 5) is 14.2. The lowest BCUT2D eigenvalue weighted by molar-refractivity contribution is -0.125. The van der Waals surface area contributed by atoms with Crippen LogP contribution in [0.1, 0.15) is 28.3 Å². The third-order valence-corrected chi connectivity index (χ3v) is 4.95. The maximum atomic E-state index is 12.6. The van der Waals surface area contributed by atoms with Gasteiger partial charge in [-0.3, -0.25) is 9.36 Å². The number of nitrogens with zero attached hydrogens (tertiary/aromatic N) is 3. The largest absolute Gasteiger partial charge is 0.454 e. The van der Waals surface area contributed by atoms with Gasteiger partial charge in [-0.25, -0.2) is 0 Å². The zero-order valence-electron chi connectivity index (χ0n) is 16.9. The SMILES string of the molecule is Cc1cc(-n2c(C)cc(/C=C/C(=O)N(C)Cc3ccc4c(c3)OCO4)c2C)no1. The van der Waals surface area contributed by atoms with Gasteiger partial charge < -0.3 is 18.9 Å². The predicted octanol–water partition coefficient (Wildman–Crippen LogP) is 3.79. The first kappa shape index (κ1) is 18.9. The van der Waals surface area contributed by atoms with Crippen LogP contribution in [0.3, 0.4) is 0 Å². The van der Waals surface area contributed by atoms with Crippen molar-refractivity contribution in [2.24, 2.45) is 0 Å². The van der Waals surface area contributed by atoms with Gasteiger partial charge in [0.2, 0.25) is 12.7 Å². The monoisotopic (exact) mass is 393 g/mol. The van der Waals surface area contributed by atoms with E-state index in [4.69, 9.17) is 14.0 Å². The molecule has 7 heteroatoms. The van der Waals surface area contributed by atoms with Gasteiger partial charge in [0.05, 0.1) is 0 Å². The molecule has 0 spiro atoms. The van der Waals surface area contributed by atoms with E-state index in [1.807, 2.05) is 61.7 Å². The number of fused-ring (bicyclic) bond motifs is 1. The van der Waals surface area contributed by atoms with Gasteiger partial charge in [-0.1, -0.05) is 11.2 Å². The number of ether oxygens (including phenoxy) is 2. The zero-order chi connectivity index (χ0) is 20.5. The molecular weight excluding hydrogens is 370 g/mol. The maximum absolute atomic E-state index is 12.6. The minimum Gasteiger partial charge on any atom is -0.454 e. The Morgan fingerprint density at radius 3 is 2.72 bits per heavy atom. The number of aryl methyl sites for hydroxylation is 2. The summed E-state index contributed by atoms with van der Waals surface area (Å²) < 4.78 is 17.9. The fraction of sp³-hybridized carbons (Fsp3) is 0.273. The van der Waals surface area contributed by atoms with Crippen molar-refractivity contribution in [1.82, 2.24) is 14.6 Å². The number of hydrogen-bond acceptors (Lipinski definition) is 5. The molecule has 0 atom stereocenters. The summed E-state index contributed by atoms with van der Waals surface area (Å²) in [6.07, 6.45) is 3.43. The summed E-state index contributed by atoms with van der Waals surface area (Å²) in [7, 11) is 1.78. The first-order valence-corrected chi connectivity index (χ1v) is 9.36. The molecule has 4 rings (SSSR count). The van der Waals surface area contributed by atoms with Gasteiger partial charge in [-0.2, -0.15) is 0 Å². The lowest BCUT2D eigenvalue weighted by atomic mass is 10.2. The van der Waals surface area contributed by atoms with Gasteiger partial charge in [0.1, 0.15) is 5.76 Å². The van der Waals surface area contributed by atoms with Crippen LogP contribution in [0, 0.1) is 20.8 Å². The third-order valence-electron chi connectivity index (χ3n) is 4.95. The minimum absolute atomic E-state index is 0.0789. The number of rotatable bonds is 5. The average Bonchev–Trinajstić information content (AvgIpc) is 3.39. The van der Waals surface area contributed by atoms with Gasteiger partial charge in [-0.05, 0) is 56.2 Å². The van der Waals surface area contributed by atoms with Crippen molar-refractivity contribution in [3.05, 3.63) is 64.7 Å². The summed E-state index contributed by atoms with van der Waals surface area (Å²) in [5.41, 5.74) is 3.97. The molecule has 1 amide bonds. The minimum atomic E-state index is -0.0789. The Kier molecular flexibility index (Phi) is 4.88. The zero-order valence-corrected chi connectivity index (χ0v) is 16.9.